The monoisotopic (exact) mass is 260 g/mol. The Morgan fingerprint density at radius 3 is 2.37 bits per heavy atom. The quantitative estimate of drug-likeness (QED) is 0.824. The molecule has 2 rings (SSSR count). The molecule has 0 bridgehead atoms. The fraction of sp³-hybridized carbons (Fsp3) is 0.647. The Morgan fingerprint density at radius 1 is 1.11 bits per heavy atom. The zero-order valence-electron chi connectivity index (χ0n) is 12.7. The van der Waals surface area contributed by atoms with Crippen molar-refractivity contribution in [3.8, 4) is 0 Å². The summed E-state index contributed by atoms with van der Waals surface area (Å²) in [5.41, 5.74) is 2.74. The molecule has 0 radical (unpaired) electrons. The van der Waals surface area contributed by atoms with Crippen molar-refractivity contribution in [2.24, 2.45) is 5.92 Å². The van der Waals surface area contributed by atoms with Gasteiger partial charge >= 0.3 is 0 Å². The van der Waals surface area contributed by atoms with Crippen molar-refractivity contribution in [1.82, 2.24) is 5.32 Å². The van der Waals surface area contributed by atoms with Crippen LogP contribution in [0.25, 0.3) is 0 Å². The lowest BCUT2D eigenvalue weighted by atomic mass is 9.87. The van der Waals surface area contributed by atoms with Crippen LogP contribution in [0.3, 0.4) is 0 Å². The third-order valence-electron chi connectivity index (χ3n) is 4.43. The van der Waals surface area contributed by atoms with Crippen LogP contribution >= 0.6 is 0 Å². The van der Waals surface area contributed by atoms with Gasteiger partial charge in [0.25, 0.3) is 0 Å². The maximum atomic E-state index is 3.56. The summed E-state index contributed by atoms with van der Waals surface area (Å²) in [6.45, 7) is 0. The summed E-state index contributed by atoms with van der Waals surface area (Å²) in [7, 11) is 6.33. The minimum absolute atomic E-state index is 0.512. The maximum absolute atomic E-state index is 3.56. The normalized spacial score (nSPS) is 18.9. The van der Waals surface area contributed by atoms with Crippen LogP contribution in [0.4, 0.5) is 5.69 Å². The summed E-state index contributed by atoms with van der Waals surface area (Å²) >= 11 is 0. The molecule has 1 aliphatic rings. The molecule has 0 saturated heterocycles. The van der Waals surface area contributed by atoms with Crippen LogP contribution in [-0.2, 0) is 0 Å². The van der Waals surface area contributed by atoms with Gasteiger partial charge in [-0.3, -0.25) is 0 Å². The highest BCUT2D eigenvalue weighted by Crippen LogP contribution is 2.34. The van der Waals surface area contributed by atoms with Crippen molar-refractivity contribution in [3.05, 3.63) is 29.8 Å². The molecule has 1 saturated carbocycles. The summed E-state index contributed by atoms with van der Waals surface area (Å²) < 4.78 is 0. The second-order valence-electron chi connectivity index (χ2n) is 6.01. The standard InChI is InChI=1S/C17H28N2/c1-18-17(14-9-6-4-5-7-10-14)15-11-8-12-16(13-15)19(2)3/h8,11-14,17-18H,4-7,9-10H2,1-3H3. The van der Waals surface area contributed by atoms with Gasteiger partial charge in [-0.15, -0.1) is 0 Å². The third kappa shape index (κ3) is 3.73. The highest BCUT2D eigenvalue weighted by atomic mass is 15.1. The molecule has 2 heteroatoms. The summed E-state index contributed by atoms with van der Waals surface area (Å²) in [6, 6.07) is 9.50. The van der Waals surface area contributed by atoms with Crippen LogP contribution in [0.2, 0.25) is 0 Å². The predicted molar refractivity (Wildman–Crippen MR) is 83.8 cm³/mol. The smallest absolute Gasteiger partial charge is 0.0364 e. The van der Waals surface area contributed by atoms with E-state index in [2.05, 4.69) is 55.6 Å². The Bertz CT molecular complexity index is 379. The number of nitrogens with one attached hydrogen (secondary N) is 1. The molecular weight excluding hydrogens is 232 g/mol. The molecule has 0 heterocycles. The Balaban J connectivity index is 2.17. The van der Waals surface area contributed by atoms with Crippen LogP contribution in [-0.4, -0.2) is 21.1 Å². The Kier molecular flexibility index (Phi) is 5.26. The fourth-order valence-electron chi connectivity index (χ4n) is 3.32. The summed E-state index contributed by atoms with van der Waals surface area (Å²) in [5, 5.41) is 3.56. The van der Waals surface area contributed by atoms with Crippen LogP contribution in [0.15, 0.2) is 24.3 Å². The minimum Gasteiger partial charge on any atom is -0.378 e. The van der Waals surface area contributed by atoms with Gasteiger partial charge in [0, 0.05) is 25.8 Å². The van der Waals surface area contributed by atoms with E-state index >= 15 is 0 Å². The van der Waals surface area contributed by atoms with Crippen LogP contribution in [0, 0.1) is 5.92 Å². The largest absolute Gasteiger partial charge is 0.378 e. The van der Waals surface area contributed by atoms with Crippen molar-refractivity contribution in [3.63, 3.8) is 0 Å². The molecule has 106 valence electrons. The van der Waals surface area contributed by atoms with Crippen molar-refractivity contribution < 1.29 is 0 Å². The lowest BCUT2D eigenvalue weighted by Gasteiger charge is -2.27. The average molecular weight is 260 g/mol. The van der Waals surface area contributed by atoms with Crippen molar-refractivity contribution in [2.75, 3.05) is 26.0 Å². The molecule has 1 unspecified atom stereocenters. The zero-order valence-corrected chi connectivity index (χ0v) is 12.7. The summed E-state index contributed by atoms with van der Waals surface area (Å²) in [5.74, 6) is 0.796. The van der Waals surface area contributed by atoms with E-state index < -0.39 is 0 Å². The zero-order chi connectivity index (χ0) is 13.7. The van der Waals surface area contributed by atoms with Crippen molar-refractivity contribution in [1.29, 1.82) is 0 Å². The number of nitrogens with zero attached hydrogens (tertiary/aromatic N) is 1. The highest BCUT2D eigenvalue weighted by Gasteiger charge is 2.23. The lowest BCUT2D eigenvalue weighted by Crippen LogP contribution is -2.25. The lowest BCUT2D eigenvalue weighted by molar-refractivity contribution is 0.341. The van der Waals surface area contributed by atoms with E-state index in [-0.39, 0.29) is 0 Å². The minimum atomic E-state index is 0.512. The molecular formula is C17H28N2. The Morgan fingerprint density at radius 2 is 1.79 bits per heavy atom. The van der Waals surface area contributed by atoms with Crippen LogP contribution in [0.1, 0.15) is 50.1 Å². The van der Waals surface area contributed by atoms with Gasteiger partial charge in [-0.05, 0) is 43.5 Å². The van der Waals surface area contributed by atoms with Crippen LogP contribution < -0.4 is 10.2 Å². The van der Waals surface area contributed by atoms with E-state index in [4.69, 9.17) is 0 Å². The van der Waals surface area contributed by atoms with Gasteiger partial charge in [-0.25, -0.2) is 0 Å². The second-order valence-corrected chi connectivity index (χ2v) is 6.01. The number of hydrogen-bond acceptors (Lipinski definition) is 2. The van der Waals surface area contributed by atoms with Crippen molar-refractivity contribution >= 4 is 5.69 Å². The molecule has 1 aromatic rings. The van der Waals surface area contributed by atoms with Crippen LogP contribution in [0.5, 0.6) is 0 Å². The molecule has 1 aliphatic carbocycles. The van der Waals surface area contributed by atoms with Gasteiger partial charge in [0.2, 0.25) is 0 Å². The molecule has 2 nitrogen and oxygen atoms in total. The number of rotatable bonds is 4. The first-order valence-electron chi connectivity index (χ1n) is 7.67. The predicted octanol–water partition coefficient (Wildman–Crippen LogP) is 3.98. The molecule has 1 fully saturated rings. The van der Waals surface area contributed by atoms with E-state index in [0.29, 0.717) is 6.04 Å². The molecule has 0 amide bonds. The van der Waals surface area contributed by atoms with Gasteiger partial charge in [-0.1, -0.05) is 37.8 Å². The molecule has 1 N–H and O–H groups in total. The topological polar surface area (TPSA) is 15.3 Å². The average Bonchev–Trinajstić information content (AvgIpc) is 2.69. The Hall–Kier alpha value is -1.02. The molecule has 1 aromatic carbocycles. The van der Waals surface area contributed by atoms with Gasteiger partial charge < -0.3 is 10.2 Å². The first-order chi connectivity index (χ1) is 9.22. The Labute approximate surface area is 118 Å². The molecule has 0 aliphatic heterocycles. The number of benzene rings is 1. The van der Waals surface area contributed by atoms with Gasteiger partial charge in [0.05, 0.1) is 0 Å². The van der Waals surface area contributed by atoms with Gasteiger partial charge in [-0.2, -0.15) is 0 Å². The number of hydrogen-bond donors (Lipinski definition) is 1. The fourth-order valence-corrected chi connectivity index (χ4v) is 3.32. The molecule has 19 heavy (non-hydrogen) atoms. The molecule has 0 aromatic heterocycles. The third-order valence-corrected chi connectivity index (χ3v) is 4.43. The van der Waals surface area contributed by atoms with E-state index in [9.17, 15) is 0 Å². The second kappa shape index (κ2) is 6.95. The van der Waals surface area contributed by atoms with E-state index in [0.717, 1.165) is 5.92 Å². The maximum Gasteiger partial charge on any atom is 0.0364 e. The number of anilines is 1. The summed E-state index contributed by atoms with van der Waals surface area (Å²) in [4.78, 5) is 2.18. The SMILES string of the molecule is CNC(c1cccc(N(C)C)c1)C1CCCCCC1. The first-order valence-corrected chi connectivity index (χ1v) is 7.67. The van der Waals surface area contributed by atoms with E-state index in [1.165, 1.54) is 49.8 Å². The molecule has 1 atom stereocenters. The summed E-state index contributed by atoms with van der Waals surface area (Å²) in [6.07, 6.45) is 8.39. The van der Waals surface area contributed by atoms with Crippen molar-refractivity contribution in [2.45, 2.75) is 44.6 Å². The highest BCUT2D eigenvalue weighted by molar-refractivity contribution is 5.47. The molecule has 0 spiro atoms. The van der Waals surface area contributed by atoms with Gasteiger partial charge in [0.15, 0.2) is 0 Å². The van der Waals surface area contributed by atoms with E-state index in [1.807, 2.05) is 0 Å². The van der Waals surface area contributed by atoms with E-state index in [1.54, 1.807) is 0 Å². The van der Waals surface area contributed by atoms with Gasteiger partial charge in [0.1, 0.15) is 0 Å². The first kappa shape index (κ1) is 14.4.